The minimum atomic E-state index is -1.67. The van der Waals surface area contributed by atoms with Crippen molar-refractivity contribution in [3.8, 4) is 12.3 Å². The van der Waals surface area contributed by atoms with Gasteiger partial charge < -0.3 is 20.7 Å². The predicted octanol–water partition coefficient (Wildman–Crippen LogP) is -1.53. The Kier molecular flexibility index (Phi) is 3.10. The Hall–Kier alpha value is -2.22. The lowest BCUT2D eigenvalue weighted by molar-refractivity contribution is -0.108. The van der Waals surface area contributed by atoms with Crippen molar-refractivity contribution in [2.24, 2.45) is 0 Å². The summed E-state index contributed by atoms with van der Waals surface area (Å²) in [5.74, 6) is 2.04. The van der Waals surface area contributed by atoms with Crippen molar-refractivity contribution in [1.29, 1.82) is 0 Å². The number of terminal acetylenes is 1. The van der Waals surface area contributed by atoms with Gasteiger partial charge in [0.05, 0.1) is 12.9 Å². The summed E-state index contributed by atoms with van der Waals surface area (Å²) in [4.78, 5) is 10.9. The third-order valence-corrected chi connectivity index (χ3v) is 3.67. The minimum absolute atomic E-state index is 0.00883. The molecular formula is C12H11BFN5O3. The zero-order valence-corrected chi connectivity index (χ0v) is 11.3. The monoisotopic (exact) mass is 303 g/mol. The molecule has 0 bridgehead atoms. The van der Waals surface area contributed by atoms with Crippen LogP contribution in [0.15, 0.2) is 6.33 Å². The number of aliphatic hydroxyl groups excluding tert-OH is 2. The lowest BCUT2D eigenvalue weighted by atomic mass is 9.85. The first-order chi connectivity index (χ1) is 10.3. The van der Waals surface area contributed by atoms with E-state index < -0.39 is 30.0 Å². The van der Waals surface area contributed by atoms with Crippen LogP contribution in [0.3, 0.4) is 0 Å². The van der Waals surface area contributed by atoms with Crippen LogP contribution in [0.2, 0.25) is 0 Å². The van der Waals surface area contributed by atoms with Gasteiger partial charge in [-0.05, 0) is 0 Å². The molecule has 3 rings (SSSR count). The third kappa shape index (κ3) is 1.87. The van der Waals surface area contributed by atoms with Crippen LogP contribution in [0.25, 0.3) is 11.2 Å². The van der Waals surface area contributed by atoms with E-state index in [4.69, 9.17) is 24.7 Å². The smallest absolute Gasteiger partial charge is 0.312 e. The molecule has 8 nitrogen and oxygen atoms in total. The number of nitrogen functional groups attached to an aromatic ring is 1. The highest BCUT2D eigenvalue weighted by atomic mass is 19.1. The Balaban J connectivity index is 2.14. The molecule has 3 atom stereocenters. The van der Waals surface area contributed by atoms with Gasteiger partial charge in [0, 0.05) is 6.42 Å². The van der Waals surface area contributed by atoms with E-state index in [0.29, 0.717) is 0 Å². The summed E-state index contributed by atoms with van der Waals surface area (Å²) in [6.45, 7) is -0.637. The Morgan fingerprint density at radius 1 is 1.64 bits per heavy atom. The third-order valence-electron chi connectivity index (χ3n) is 3.67. The summed E-state index contributed by atoms with van der Waals surface area (Å²) >= 11 is 0. The van der Waals surface area contributed by atoms with Crippen LogP contribution >= 0.6 is 0 Å². The summed E-state index contributed by atoms with van der Waals surface area (Å²) in [7, 11) is 6.12. The van der Waals surface area contributed by atoms with E-state index in [-0.39, 0.29) is 23.4 Å². The number of aromatic nitrogens is 4. The molecule has 0 aliphatic carbocycles. The van der Waals surface area contributed by atoms with Crippen LogP contribution in [0.4, 0.5) is 10.2 Å². The summed E-state index contributed by atoms with van der Waals surface area (Å²) in [5.41, 5.74) is 2.36. The maximum Gasteiger partial charge on any atom is 0.312 e. The molecule has 1 aliphatic heterocycles. The van der Waals surface area contributed by atoms with Gasteiger partial charge in [0.15, 0.2) is 17.1 Å². The summed E-state index contributed by atoms with van der Waals surface area (Å²) in [6.07, 6.45) is 4.11. The normalized spacial score (nSPS) is 31.5. The molecule has 2 aromatic rings. The first kappa shape index (κ1) is 14.7. The fourth-order valence-corrected chi connectivity index (χ4v) is 2.49. The molecule has 10 heteroatoms. The molecule has 0 aromatic carbocycles. The molecule has 1 saturated heterocycles. The second kappa shape index (κ2) is 4.64. The van der Waals surface area contributed by atoms with Crippen LogP contribution in [-0.2, 0) is 10.4 Å². The van der Waals surface area contributed by atoms with Crippen LogP contribution < -0.4 is 5.73 Å². The Bertz CT molecular complexity index is 793. The fraction of sp³-hybridized carbons (Fsp3) is 0.417. The van der Waals surface area contributed by atoms with Crippen molar-refractivity contribution in [2.75, 3.05) is 12.3 Å². The maximum atomic E-state index is 13.4. The quantitative estimate of drug-likeness (QED) is 0.350. The molecule has 3 heterocycles. The minimum Gasteiger partial charge on any atom is -0.392 e. The molecule has 2 radical (unpaired) electrons. The zero-order chi connectivity index (χ0) is 16.1. The van der Waals surface area contributed by atoms with Crippen molar-refractivity contribution in [2.45, 2.75) is 23.8 Å². The number of anilines is 1. The van der Waals surface area contributed by atoms with Gasteiger partial charge in [0.2, 0.25) is 0 Å². The summed E-state index contributed by atoms with van der Waals surface area (Å²) < 4.78 is 20.1. The van der Waals surface area contributed by atoms with Crippen LogP contribution in [-0.4, -0.2) is 55.9 Å². The Morgan fingerprint density at radius 2 is 2.36 bits per heavy atom. The Labute approximate surface area is 125 Å². The van der Waals surface area contributed by atoms with Gasteiger partial charge in [-0.2, -0.15) is 14.4 Å². The lowest BCUT2D eigenvalue weighted by Gasteiger charge is -2.30. The van der Waals surface area contributed by atoms with Crippen molar-refractivity contribution >= 4 is 24.8 Å². The highest BCUT2D eigenvalue weighted by Gasteiger charge is 2.53. The molecule has 1 fully saturated rings. The van der Waals surface area contributed by atoms with Gasteiger partial charge in [-0.1, -0.05) is 5.92 Å². The van der Waals surface area contributed by atoms with Crippen molar-refractivity contribution in [3.05, 3.63) is 12.4 Å². The van der Waals surface area contributed by atoms with E-state index in [1.165, 1.54) is 10.9 Å². The number of ether oxygens (including phenoxy) is 1. The largest absolute Gasteiger partial charge is 0.392 e. The number of nitrogens with zero attached hydrogens (tertiary/aromatic N) is 4. The van der Waals surface area contributed by atoms with Crippen molar-refractivity contribution < 1.29 is 19.3 Å². The predicted molar refractivity (Wildman–Crippen MR) is 73.8 cm³/mol. The zero-order valence-electron chi connectivity index (χ0n) is 11.3. The Morgan fingerprint density at radius 3 is 2.95 bits per heavy atom. The maximum absolute atomic E-state index is 13.4. The molecule has 0 saturated carbocycles. The van der Waals surface area contributed by atoms with Gasteiger partial charge in [-0.25, -0.2) is 4.98 Å². The second-order valence-corrected chi connectivity index (χ2v) is 5.02. The molecule has 0 amide bonds. The lowest BCUT2D eigenvalue weighted by Crippen LogP contribution is -2.43. The van der Waals surface area contributed by atoms with Crippen LogP contribution in [0.1, 0.15) is 6.42 Å². The topological polar surface area (TPSA) is 119 Å². The van der Waals surface area contributed by atoms with Gasteiger partial charge >= 0.3 is 6.08 Å². The van der Waals surface area contributed by atoms with Crippen molar-refractivity contribution in [3.63, 3.8) is 0 Å². The highest BCUT2D eigenvalue weighted by molar-refractivity contribution is 6.13. The summed E-state index contributed by atoms with van der Waals surface area (Å²) in [5, 5.41) is 19.5. The van der Waals surface area contributed by atoms with E-state index in [1.54, 1.807) is 0 Å². The number of aliphatic hydroxyl groups is 2. The molecule has 22 heavy (non-hydrogen) atoms. The highest BCUT2D eigenvalue weighted by Crippen LogP contribution is 2.40. The van der Waals surface area contributed by atoms with E-state index in [9.17, 15) is 14.6 Å². The molecular weight excluding hydrogens is 292 g/mol. The first-order valence-electron chi connectivity index (χ1n) is 6.27. The number of fused-ring (bicyclic) bond motifs is 1. The number of nitrogens with two attached hydrogens (primary N) is 1. The SMILES string of the molecule is [B][C@]1(n2cnc3c(N)nc(F)nc32)C[C@H](O)[C@@](C#C)(CO)O1. The van der Waals surface area contributed by atoms with Gasteiger partial charge in [-0.15, -0.1) is 6.42 Å². The number of halogens is 1. The van der Waals surface area contributed by atoms with Crippen LogP contribution in [0, 0.1) is 18.4 Å². The number of imidazole rings is 1. The first-order valence-corrected chi connectivity index (χ1v) is 6.27. The average molecular weight is 303 g/mol. The summed E-state index contributed by atoms with van der Waals surface area (Å²) in [6, 6.07) is 0. The van der Waals surface area contributed by atoms with Gasteiger partial charge in [0.1, 0.15) is 25.1 Å². The van der Waals surface area contributed by atoms with Crippen molar-refractivity contribution in [1.82, 2.24) is 19.5 Å². The number of hydrogen-bond donors (Lipinski definition) is 3. The van der Waals surface area contributed by atoms with Gasteiger partial charge in [-0.3, -0.25) is 4.57 Å². The second-order valence-electron chi connectivity index (χ2n) is 5.02. The standard InChI is InChI=1S/C12H11BFN5O3/c1-2-11(4-20)6(21)3-12(13,22-11)19-5-16-7-8(15)17-10(14)18-9(7)19/h1,5-6,20-21H,3-4H2,(H2,15,17,18)/t6-,11+,12-/m0/s1. The molecule has 0 spiro atoms. The number of rotatable bonds is 2. The fourth-order valence-electron chi connectivity index (χ4n) is 2.49. The van der Waals surface area contributed by atoms with Crippen LogP contribution in [0.5, 0.6) is 0 Å². The molecule has 0 unspecified atom stereocenters. The van der Waals surface area contributed by atoms with E-state index in [1.807, 2.05) is 0 Å². The van der Waals surface area contributed by atoms with E-state index in [2.05, 4.69) is 20.9 Å². The molecule has 1 aliphatic rings. The molecule has 2 aromatic heterocycles. The van der Waals surface area contributed by atoms with Gasteiger partial charge in [0.25, 0.3) is 0 Å². The number of hydrogen-bond acceptors (Lipinski definition) is 7. The molecule has 4 N–H and O–H groups in total. The van der Waals surface area contributed by atoms with E-state index in [0.717, 1.165) is 0 Å². The molecule has 112 valence electrons. The average Bonchev–Trinajstić information content (AvgIpc) is 2.99. The van der Waals surface area contributed by atoms with E-state index >= 15 is 0 Å².